The molecule has 1 aliphatic heterocycles. The zero-order valence-electron chi connectivity index (χ0n) is 14.8. The van der Waals surface area contributed by atoms with Gasteiger partial charge < -0.3 is 14.4 Å². The molecule has 1 aromatic carbocycles. The van der Waals surface area contributed by atoms with Crippen LogP contribution in [0.15, 0.2) is 18.2 Å². The van der Waals surface area contributed by atoms with Crippen LogP contribution in [-0.2, 0) is 4.74 Å². The molecule has 26 heavy (non-hydrogen) atoms. The number of carbonyl (C=O) groups excluding carboxylic acids is 2. The lowest BCUT2D eigenvalue weighted by atomic mass is 9.86. The molecule has 0 spiro atoms. The molecule has 1 aromatic rings. The van der Waals surface area contributed by atoms with Gasteiger partial charge in [0.2, 0.25) is 0 Å². The molecule has 0 atom stereocenters. The largest absolute Gasteiger partial charge is 0.493 e. The predicted molar refractivity (Wildman–Crippen MR) is 90.7 cm³/mol. The van der Waals surface area contributed by atoms with Crippen LogP contribution in [0.2, 0.25) is 0 Å². The molecule has 7 heteroatoms. The lowest BCUT2D eigenvalue weighted by Gasteiger charge is -2.32. The Labute approximate surface area is 151 Å². The number of nitrogens with zero attached hydrogens (tertiary/aromatic N) is 1. The van der Waals surface area contributed by atoms with E-state index >= 15 is 0 Å². The Morgan fingerprint density at radius 1 is 1.15 bits per heavy atom. The SMILES string of the molecule is COC(=O)c1cc(OCC2CCC2)cc(C(=O)N2CCC(F)(F)CC2)c1. The van der Waals surface area contributed by atoms with Crippen LogP contribution in [0, 0.1) is 5.92 Å². The first-order valence-electron chi connectivity index (χ1n) is 8.91. The van der Waals surface area contributed by atoms with Gasteiger partial charge in [-0.15, -0.1) is 0 Å². The van der Waals surface area contributed by atoms with Gasteiger partial charge in [-0.2, -0.15) is 0 Å². The van der Waals surface area contributed by atoms with Crippen LogP contribution in [0.1, 0.15) is 52.8 Å². The monoisotopic (exact) mass is 367 g/mol. The van der Waals surface area contributed by atoms with Gasteiger partial charge in [-0.05, 0) is 37.0 Å². The zero-order valence-corrected chi connectivity index (χ0v) is 14.8. The number of rotatable bonds is 5. The van der Waals surface area contributed by atoms with Gasteiger partial charge in [0.1, 0.15) is 5.75 Å². The number of likely N-dealkylation sites (tertiary alicyclic amines) is 1. The summed E-state index contributed by atoms with van der Waals surface area (Å²) < 4.78 is 37.1. The molecule has 2 fully saturated rings. The fourth-order valence-corrected chi connectivity index (χ4v) is 3.13. The molecule has 3 rings (SSSR count). The molecule has 2 aliphatic rings. The molecule has 0 bridgehead atoms. The molecule has 0 radical (unpaired) electrons. The molecule has 142 valence electrons. The van der Waals surface area contributed by atoms with Crippen molar-refractivity contribution in [3.8, 4) is 5.75 Å². The number of esters is 1. The van der Waals surface area contributed by atoms with Crippen LogP contribution in [0.25, 0.3) is 0 Å². The van der Waals surface area contributed by atoms with E-state index in [2.05, 4.69) is 0 Å². The lowest BCUT2D eigenvalue weighted by Crippen LogP contribution is -2.42. The van der Waals surface area contributed by atoms with Crippen molar-refractivity contribution in [1.29, 1.82) is 0 Å². The summed E-state index contributed by atoms with van der Waals surface area (Å²) in [6, 6.07) is 4.54. The van der Waals surface area contributed by atoms with Crippen molar-refractivity contribution < 1.29 is 27.8 Å². The highest BCUT2D eigenvalue weighted by Gasteiger charge is 2.36. The normalized spacial score (nSPS) is 19.6. The molecule has 1 heterocycles. The van der Waals surface area contributed by atoms with E-state index in [-0.39, 0.29) is 43.0 Å². The van der Waals surface area contributed by atoms with Crippen LogP contribution in [0.5, 0.6) is 5.75 Å². The van der Waals surface area contributed by atoms with Crippen molar-refractivity contribution in [2.75, 3.05) is 26.8 Å². The van der Waals surface area contributed by atoms with Crippen molar-refractivity contribution in [3.63, 3.8) is 0 Å². The standard InChI is InChI=1S/C19H23F2NO4/c1-25-18(24)15-9-14(10-16(11-15)26-12-13-3-2-4-13)17(23)22-7-5-19(20,21)6-8-22/h9-11,13H,2-8,12H2,1H3. The van der Waals surface area contributed by atoms with Crippen molar-refractivity contribution >= 4 is 11.9 Å². The molecule has 0 N–H and O–H groups in total. The minimum Gasteiger partial charge on any atom is -0.493 e. The van der Waals surface area contributed by atoms with Gasteiger partial charge in [0, 0.05) is 31.5 Å². The highest BCUT2D eigenvalue weighted by molar-refractivity contribution is 5.98. The smallest absolute Gasteiger partial charge is 0.338 e. The van der Waals surface area contributed by atoms with Crippen LogP contribution < -0.4 is 4.74 Å². The van der Waals surface area contributed by atoms with Gasteiger partial charge in [0.15, 0.2) is 0 Å². The zero-order chi connectivity index (χ0) is 18.7. The van der Waals surface area contributed by atoms with Crippen LogP contribution in [0.3, 0.4) is 0 Å². The third-order valence-electron chi connectivity index (χ3n) is 5.07. The van der Waals surface area contributed by atoms with Gasteiger partial charge in [0.05, 0.1) is 19.3 Å². The van der Waals surface area contributed by atoms with E-state index in [0.29, 0.717) is 18.3 Å². The minimum atomic E-state index is -2.72. The van der Waals surface area contributed by atoms with E-state index in [9.17, 15) is 18.4 Å². The Bertz CT molecular complexity index is 678. The molecule has 1 saturated carbocycles. The molecule has 0 unspecified atom stereocenters. The number of benzene rings is 1. The average Bonchev–Trinajstić information content (AvgIpc) is 2.59. The molecule has 1 saturated heterocycles. The maximum Gasteiger partial charge on any atom is 0.338 e. The Morgan fingerprint density at radius 2 is 1.81 bits per heavy atom. The van der Waals surface area contributed by atoms with Crippen molar-refractivity contribution in [2.24, 2.45) is 5.92 Å². The van der Waals surface area contributed by atoms with E-state index < -0.39 is 11.9 Å². The summed E-state index contributed by atoms with van der Waals surface area (Å²) in [4.78, 5) is 26.0. The second-order valence-electron chi connectivity index (χ2n) is 6.99. The Balaban J connectivity index is 1.77. The second-order valence-corrected chi connectivity index (χ2v) is 6.99. The molecular weight excluding hydrogens is 344 g/mol. The number of amides is 1. The van der Waals surface area contributed by atoms with Gasteiger partial charge in [0.25, 0.3) is 11.8 Å². The van der Waals surface area contributed by atoms with E-state index in [1.54, 1.807) is 12.1 Å². The summed E-state index contributed by atoms with van der Waals surface area (Å²) in [7, 11) is 1.26. The summed E-state index contributed by atoms with van der Waals surface area (Å²) in [5, 5.41) is 0. The number of methoxy groups -OCH3 is 1. The first-order chi connectivity index (χ1) is 12.4. The van der Waals surface area contributed by atoms with Crippen LogP contribution >= 0.6 is 0 Å². The third-order valence-corrected chi connectivity index (χ3v) is 5.07. The maximum atomic E-state index is 13.3. The van der Waals surface area contributed by atoms with Gasteiger partial charge in [-0.25, -0.2) is 13.6 Å². The molecule has 0 aromatic heterocycles. The molecule has 5 nitrogen and oxygen atoms in total. The Morgan fingerprint density at radius 3 is 2.38 bits per heavy atom. The van der Waals surface area contributed by atoms with Gasteiger partial charge >= 0.3 is 5.97 Å². The number of alkyl halides is 2. The van der Waals surface area contributed by atoms with E-state index in [0.717, 1.165) is 12.8 Å². The summed E-state index contributed by atoms with van der Waals surface area (Å²) in [5.41, 5.74) is 0.464. The Kier molecular flexibility index (Phi) is 5.44. The van der Waals surface area contributed by atoms with E-state index in [1.807, 2.05) is 0 Å². The summed E-state index contributed by atoms with van der Waals surface area (Å²) in [5.74, 6) is -2.74. The van der Waals surface area contributed by atoms with Crippen LogP contribution in [-0.4, -0.2) is 49.5 Å². The fraction of sp³-hybridized carbons (Fsp3) is 0.579. The highest BCUT2D eigenvalue weighted by atomic mass is 19.3. The van der Waals surface area contributed by atoms with Gasteiger partial charge in [-0.3, -0.25) is 4.79 Å². The van der Waals surface area contributed by atoms with Crippen molar-refractivity contribution in [3.05, 3.63) is 29.3 Å². The molecular formula is C19H23F2NO4. The number of hydrogen-bond acceptors (Lipinski definition) is 4. The number of ether oxygens (including phenoxy) is 2. The first-order valence-corrected chi connectivity index (χ1v) is 8.91. The first kappa shape index (κ1) is 18.6. The second kappa shape index (κ2) is 7.60. The van der Waals surface area contributed by atoms with E-state index in [4.69, 9.17) is 9.47 Å². The number of carbonyl (C=O) groups is 2. The summed E-state index contributed by atoms with van der Waals surface area (Å²) in [6.07, 6.45) is 2.73. The fourth-order valence-electron chi connectivity index (χ4n) is 3.13. The third kappa shape index (κ3) is 4.31. The van der Waals surface area contributed by atoms with Crippen LogP contribution in [0.4, 0.5) is 8.78 Å². The maximum absolute atomic E-state index is 13.3. The Hall–Kier alpha value is -2.18. The van der Waals surface area contributed by atoms with Crippen molar-refractivity contribution in [2.45, 2.75) is 38.0 Å². The quantitative estimate of drug-likeness (QED) is 0.747. The van der Waals surface area contributed by atoms with Crippen molar-refractivity contribution in [1.82, 2.24) is 4.90 Å². The topological polar surface area (TPSA) is 55.8 Å². The summed E-state index contributed by atoms with van der Waals surface area (Å²) in [6.45, 7) is 0.521. The lowest BCUT2D eigenvalue weighted by molar-refractivity contribution is -0.0494. The highest BCUT2D eigenvalue weighted by Crippen LogP contribution is 2.30. The van der Waals surface area contributed by atoms with Gasteiger partial charge in [-0.1, -0.05) is 6.42 Å². The molecule has 1 amide bonds. The predicted octanol–water partition coefficient (Wildman–Crippen LogP) is 3.52. The number of halogens is 2. The minimum absolute atomic E-state index is 0.00739. The number of hydrogen-bond donors (Lipinski definition) is 0. The molecule has 1 aliphatic carbocycles. The van der Waals surface area contributed by atoms with E-state index in [1.165, 1.54) is 24.5 Å². The average molecular weight is 367 g/mol. The number of piperidine rings is 1. The summed E-state index contributed by atoms with van der Waals surface area (Å²) >= 11 is 0.